The molecule has 1 fully saturated rings. The van der Waals surface area contributed by atoms with Gasteiger partial charge in [0.05, 0.1) is 6.04 Å². The summed E-state index contributed by atoms with van der Waals surface area (Å²) in [6, 6.07) is 27.9. The normalized spacial score (nSPS) is 21.7. The summed E-state index contributed by atoms with van der Waals surface area (Å²) in [4.78, 5) is 15.7. The molecule has 1 aliphatic carbocycles. The van der Waals surface area contributed by atoms with Crippen molar-refractivity contribution in [3.63, 3.8) is 0 Å². The topological polar surface area (TPSA) is 32.3 Å². The number of amides is 1. The summed E-state index contributed by atoms with van der Waals surface area (Å²) < 4.78 is 1.08. The molecule has 2 atom stereocenters. The molecule has 164 valence electrons. The van der Waals surface area contributed by atoms with Gasteiger partial charge in [-0.3, -0.25) is 9.69 Å². The predicted molar refractivity (Wildman–Crippen MR) is 138 cm³/mol. The Morgan fingerprint density at radius 2 is 1.66 bits per heavy atom. The van der Waals surface area contributed by atoms with Gasteiger partial charge in [0.1, 0.15) is 0 Å². The Bertz CT molecular complexity index is 1080. The van der Waals surface area contributed by atoms with Crippen molar-refractivity contribution in [3.05, 3.63) is 105 Å². The van der Waals surface area contributed by atoms with E-state index in [0.29, 0.717) is 12.0 Å². The lowest BCUT2D eigenvalue weighted by Gasteiger charge is -2.42. The molecule has 0 aromatic heterocycles. The lowest BCUT2D eigenvalue weighted by Crippen LogP contribution is -2.46. The first kappa shape index (κ1) is 21.7. The highest BCUT2D eigenvalue weighted by molar-refractivity contribution is 14.1. The van der Waals surface area contributed by atoms with Gasteiger partial charge in [0, 0.05) is 15.2 Å². The van der Waals surface area contributed by atoms with Crippen molar-refractivity contribution in [2.45, 2.75) is 43.7 Å². The van der Waals surface area contributed by atoms with Crippen molar-refractivity contribution < 1.29 is 4.79 Å². The summed E-state index contributed by atoms with van der Waals surface area (Å²) in [5.41, 5.74) is 4.87. The van der Waals surface area contributed by atoms with Crippen LogP contribution in [0.1, 0.15) is 58.3 Å². The fraction of sp³-hybridized carbons (Fsp3) is 0.321. The average molecular weight is 536 g/mol. The van der Waals surface area contributed by atoms with E-state index in [1.807, 2.05) is 24.3 Å². The number of nitrogens with zero attached hydrogens (tertiary/aromatic N) is 1. The van der Waals surface area contributed by atoms with Gasteiger partial charge in [-0.15, -0.1) is 0 Å². The van der Waals surface area contributed by atoms with Crippen LogP contribution in [0.5, 0.6) is 0 Å². The number of hydrogen-bond acceptors (Lipinski definition) is 2. The second-order valence-electron chi connectivity index (χ2n) is 9.05. The quantitative estimate of drug-likeness (QED) is 0.418. The van der Waals surface area contributed by atoms with E-state index >= 15 is 0 Å². The zero-order valence-electron chi connectivity index (χ0n) is 18.2. The molecule has 5 rings (SSSR count). The van der Waals surface area contributed by atoms with Gasteiger partial charge in [0.25, 0.3) is 5.91 Å². The molecule has 1 N–H and O–H groups in total. The first-order valence-electron chi connectivity index (χ1n) is 11.6. The molecular formula is C28H29IN2O. The number of piperidine rings is 1. The number of nitrogens with one attached hydrogen (secondary N) is 1. The van der Waals surface area contributed by atoms with E-state index < -0.39 is 0 Å². The average Bonchev–Trinajstić information content (AvgIpc) is 2.84. The highest BCUT2D eigenvalue weighted by atomic mass is 127. The number of fused-ring (bicyclic) bond motifs is 1. The van der Waals surface area contributed by atoms with E-state index in [1.54, 1.807) is 0 Å². The Balaban J connectivity index is 1.30. The van der Waals surface area contributed by atoms with Gasteiger partial charge in [-0.05, 0) is 102 Å². The van der Waals surface area contributed by atoms with Crippen LogP contribution in [0.15, 0.2) is 78.9 Å². The summed E-state index contributed by atoms with van der Waals surface area (Å²) in [5, 5.41) is 3.35. The number of benzene rings is 3. The van der Waals surface area contributed by atoms with Crippen LogP contribution in [0.2, 0.25) is 0 Å². The fourth-order valence-electron chi connectivity index (χ4n) is 5.41. The van der Waals surface area contributed by atoms with Gasteiger partial charge in [-0.25, -0.2) is 0 Å². The summed E-state index contributed by atoms with van der Waals surface area (Å²) in [5.74, 6) is 0.686. The van der Waals surface area contributed by atoms with Crippen molar-refractivity contribution in [2.75, 3.05) is 13.1 Å². The second kappa shape index (κ2) is 9.75. The van der Waals surface area contributed by atoms with E-state index in [4.69, 9.17) is 0 Å². The summed E-state index contributed by atoms with van der Waals surface area (Å²) in [7, 11) is 0. The van der Waals surface area contributed by atoms with Gasteiger partial charge in [0.2, 0.25) is 0 Å². The van der Waals surface area contributed by atoms with Gasteiger partial charge in [-0.2, -0.15) is 0 Å². The first-order valence-corrected chi connectivity index (χ1v) is 12.7. The van der Waals surface area contributed by atoms with E-state index in [1.165, 1.54) is 29.5 Å². The number of likely N-dealkylation sites (tertiary alicyclic amines) is 1. The molecule has 0 radical (unpaired) electrons. The third-order valence-electron chi connectivity index (χ3n) is 7.10. The summed E-state index contributed by atoms with van der Waals surface area (Å²) >= 11 is 2.26. The second-order valence-corrected chi connectivity index (χ2v) is 10.3. The number of rotatable bonds is 4. The van der Waals surface area contributed by atoms with Crippen LogP contribution in [0.3, 0.4) is 0 Å². The lowest BCUT2D eigenvalue weighted by molar-refractivity contribution is 0.0901. The predicted octanol–water partition coefficient (Wildman–Crippen LogP) is 5.96. The van der Waals surface area contributed by atoms with Crippen molar-refractivity contribution >= 4 is 28.5 Å². The Labute approximate surface area is 204 Å². The molecule has 2 aliphatic rings. The van der Waals surface area contributed by atoms with Crippen LogP contribution in [-0.2, 0) is 6.42 Å². The van der Waals surface area contributed by atoms with Crippen LogP contribution in [0, 0.1) is 3.57 Å². The molecule has 0 bridgehead atoms. The minimum absolute atomic E-state index is 0.0201. The molecule has 1 heterocycles. The molecule has 3 aromatic rings. The molecule has 3 aromatic carbocycles. The van der Waals surface area contributed by atoms with Crippen LogP contribution < -0.4 is 5.32 Å². The standard InChI is InChI=1S/C28H29IN2O/c29-24-11-6-10-23(17-24)28(32)30-27-19-25(18-22-9-4-5-12-26(22)27)31-15-13-21(14-16-31)20-7-2-1-3-8-20/h1-12,17,21,25,27H,13-16,18-19H2,(H,30,32). The summed E-state index contributed by atoms with van der Waals surface area (Å²) in [6.07, 6.45) is 4.47. The van der Waals surface area contributed by atoms with Crippen LogP contribution >= 0.6 is 22.6 Å². The zero-order chi connectivity index (χ0) is 21.9. The zero-order valence-corrected chi connectivity index (χ0v) is 20.4. The highest BCUT2D eigenvalue weighted by Gasteiger charge is 2.33. The monoisotopic (exact) mass is 536 g/mol. The maximum atomic E-state index is 13.0. The smallest absolute Gasteiger partial charge is 0.251 e. The van der Waals surface area contributed by atoms with Crippen molar-refractivity contribution in [3.8, 4) is 0 Å². The van der Waals surface area contributed by atoms with Gasteiger partial charge >= 0.3 is 0 Å². The molecule has 0 spiro atoms. The van der Waals surface area contributed by atoms with Crippen molar-refractivity contribution in [1.82, 2.24) is 10.2 Å². The third-order valence-corrected chi connectivity index (χ3v) is 7.77. The lowest BCUT2D eigenvalue weighted by atomic mass is 9.82. The molecule has 3 nitrogen and oxygen atoms in total. The van der Waals surface area contributed by atoms with Crippen LogP contribution in [0.25, 0.3) is 0 Å². The molecule has 32 heavy (non-hydrogen) atoms. The molecule has 0 saturated carbocycles. The number of carbonyl (C=O) groups excluding carboxylic acids is 1. The van der Waals surface area contributed by atoms with Crippen molar-refractivity contribution in [2.24, 2.45) is 0 Å². The van der Waals surface area contributed by atoms with Crippen LogP contribution in [-0.4, -0.2) is 29.9 Å². The van der Waals surface area contributed by atoms with Gasteiger partial charge in [0.15, 0.2) is 0 Å². The van der Waals surface area contributed by atoms with E-state index in [2.05, 4.69) is 87.4 Å². The number of hydrogen-bond donors (Lipinski definition) is 1. The Morgan fingerprint density at radius 1 is 0.906 bits per heavy atom. The number of carbonyl (C=O) groups is 1. The minimum atomic E-state index is 0.0201. The Hall–Kier alpha value is -2.18. The molecule has 4 heteroatoms. The molecule has 1 amide bonds. The van der Waals surface area contributed by atoms with Crippen LogP contribution in [0.4, 0.5) is 0 Å². The van der Waals surface area contributed by atoms with Crippen molar-refractivity contribution in [1.29, 1.82) is 0 Å². The van der Waals surface area contributed by atoms with E-state index in [9.17, 15) is 4.79 Å². The Kier molecular flexibility index (Phi) is 6.60. The SMILES string of the molecule is O=C(NC1CC(N2CCC(c3ccccc3)CC2)Cc2ccccc21)c1cccc(I)c1. The molecule has 1 saturated heterocycles. The fourth-order valence-corrected chi connectivity index (χ4v) is 5.95. The van der Waals surface area contributed by atoms with Gasteiger partial charge in [-0.1, -0.05) is 60.7 Å². The molecular weight excluding hydrogens is 507 g/mol. The summed E-state index contributed by atoms with van der Waals surface area (Å²) in [6.45, 7) is 2.26. The largest absolute Gasteiger partial charge is 0.345 e. The van der Waals surface area contributed by atoms with E-state index in [0.717, 1.165) is 35.1 Å². The maximum Gasteiger partial charge on any atom is 0.251 e. The van der Waals surface area contributed by atoms with E-state index in [-0.39, 0.29) is 11.9 Å². The highest BCUT2D eigenvalue weighted by Crippen LogP contribution is 2.36. The molecule has 1 aliphatic heterocycles. The minimum Gasteiger partial charge on any atom is -0.345 e. The Morgan fingerprint density at radius 3 is 2.44 bits per heavy atom. The third kappa shape index (κ3) is 4.76. The molecule has 2 unspecified atom stereocenters. The number of halogens is 1. The maximum absolute atomic E-state index is 13.0. The van der Waals surface area contributed by atoms with Gasteiger partial charge < -0.3 is 5.32 Å². The first-order chi connectivity index (χ1) is 15.7.